The highest BCUT2D eigenvalue weighted by molar-refractivity contribution is 9.10. The molecule has 1 aromatic carbocycles. The van der Waals surface area contributed by atoms with Gasteiger partial charge in [-0.3, -0.25) is 4.79 Å². The second-order valence-corrected chi connectivity index (χ2v) is 6.66. The van der Waals surface area contributed by atoms with E-state index in [9.17, 15) is 4.79 Å². The van der Waals surface area contributed by atoms with Crippen LogP contribution < -0.4 is 5.32 Å². The summed E-state index contributed by atoms with van der Waals surface area (Å²) < 4.78 is 1.03. The van der Waals surface area contributed by atoms with Gasteiger partial charge in [-0.25, -0.2) is 0 Å². The summed E-state index contributed by atoms with van der Waals surface area (Å²) in [6.07, 6.45) is 0.295. The standard InChI is InChI=1S/C13H10BrCl2NOS/c14-9-5-10(19-7-9)6-17-13(18)4-8-1-2-11(15)12(16)3-8/h1-3,5,7H,4,6H2,(H,17,18). The van der Waals surface area contributed by atoms with Gasteiger partial charge in [0.15, 0.2) is 0 Å². The minimum atomic E-state index is -0.0390. The van der Waals surface area contributed by atoms with E-state index in [4.69, 9.17) is 23.2 Å². The quantitative estimate of drug-likeness (QED) is 0.822. The third-order valence-corrected chi connectivity index (χ3v) is 4.87. The van der Waals surface area contributed by atoms with Gasteiger partial charge in [-0.1, -0.05) is 29.3 Å². The number of hydrogen-bond donors (Lipinski definition) is 1. The highest BCUT2D eigenvalue weighted by atomic mass is 79.9. The summed E-state index contributed by atoms with van der Waals surface area (Å²) in [6.45, 7) is 0.538. The highest BCUT2D eigenvalue weighted by Crippen LogP contribution is 2.23. The van der Waals surface area contributed by atoms with Crippen molar-refractivity contribution in [2.45, 2.75) is 13.0 Å². The van der Waals surface area contributed by atoms with Crippen LogP contribution in [0.1, 0.15) is 10.4 Å². The van der Waals surface area contributed by atoms with Gasteiger partial charge in [0.2, 0.25) is 5.91 Å². The molecule has 2 rings (SSSR count). The van der Waals surface area contributed by atoms with Gasteiger partial charge in [0, 0.05) is 14.7 Å². The second-order valence-electron chi connectivity index (χ2n) is 3.93. The van der Waals surface area contributed by atoms with E-state index in [0.29, 0.717) is 23.0 Å². The van der Waals surface area contributed by atoms with Crippen molar-refractivity contribution in [3.63, 3.8) is 0 Å². The Balaban J connectivity index is 1.88. The van der Waals surface area contributed by atoms with E-state index in [2.05, 4.69) is 21.2 Å². The number of hydrogen-bond acceptors (Lipinski definition) is 2. The SMILES string of the molecule is O=C(Cc1ccc(Cl)c(Cl)c1)NCc1cc(Br)cs1. The Morgan fingerprint density at radius 3 is 2.68 bits per heavy atom. The average Bonchev–Trinajstić information content (AvgIpc) is 2.77. The number of nitrogens with one attached hydrogen (secondary N) is 1. The van der Waals surface area contributed by atoms with Crippen LogP contribution >= 0.6 is 50.5 Å². The Kier molecular flexibility index (Phi) is 5.28. The van der Waals surface area contributed by atoms with Crippen LogP contribution in [0.15, 0.2) is 34.1 Å². The highest BCUT2D eigenvalue weighted by Gasteiger charge is 2.06. The summed E-state index contributed by atoms with van der Waals surface area (Å²) >= 11 is 16.7. The molecule has 6 heteroatoms. The number of carbonyl (C=O) groups excluding carboxylic acids is 1. The molecule has 0 spiro atoms. The van der Waals surface area contributed by atoms with E-state index in [1.165, 1.54) is 0 Å². The van der Waals surface area contributed by atoms with Crippen molar-refractivity contribution in [2.24, 2.45) is 0 Å². The third-order valence-electron chi connectivity index (χ3n) is 2.43. The fourth-order valence-electron chi connectivity index (χ4n) is 1.53. The summed E-state index contributed by atoms with van der Waals surface area (Å²) in [6, 6.07) is 7.20. The Bertz CT molecular complexity index is 600. The summed E-state index contributed by atoms with van der Waals surface area (Å²) in [5.74, 6) is -0.0390. The number of thiophene rings is 1. The summed E-state index contributed by atoms with van der Waals surface area (Å²) in [7, 11) is 0. The van der Waals surface area contributed by atoms with Crippen LogP contribution in [0, 0.1) is 0 Å². The molecule has 0 radical (unpaired) electrons. The van der Waals surface area contributed by atoms with Gasteiger partial charge < -0.3 is 5.32 Å². The van der Waals surface area contributed by atoms with E-state index >= 15 is 0 Å². The van der Waals surface area contributed by atoms with Crippen molar-refractivity contribution in [1.82, 2.24) is 5.32 Å². The van der Waals surface area contributed by atoms with Crippen LogP contribution in [-0.4, -0.2) is 5.91 Å². The number of rotatable bonds is 4. The van der Waals surface area contributed by atoms with Crippen molar-refractivity contribution >= 4 is 56.4 Å². The zero-order valence-electron chi connectivity index (χ0n) is 9.75. The van der Waals surface area contributed by atoms with Crippen molar-refractivity contribution in [3.8, 4) is 0 Å². The van der Waals surface area contributed by atoms with E-state index in [0.717, 1.165) is 14.9 Å². The number of amides is 1. The maximum atomic E-state index is 11.8. The molecule has 2 aromatic rings. The summed E-state index contributed by atoms with van der Waals surface area (Å²) in [5, 5.41) is 5.82. The molecule has 100 valence electrons. The lowest BCUT2D eigenvalue weighted by molar-refractivity contribution is -0.120. The minimum Gasteiger partial charge on any atom is -0.351 e. The Hall–Kier alpha value is -0.550. The molecule has 0 aliphatic rings. The van der Waals surface area contributed by atoms with Gasteiger partial charge in [0.25, 0.3) is 0 Å². The molecule has 2 nitrogen and oxygen atoms in total. The molecule has 0 saturated heterocycles. The van der Waals surface area contributed by atoms with Crippen LogP contribution in [0.2, 0.25) is 10.0 Å². The van der Waals surface area contributed by atoms with Gasteiger partial charge in [-0.2, -0.15) is 0 Å². The summed E-state index contributed by atoms with van der Waals surface area (Å²) in [4.78, 5) is 12.9. The topological polar surface area (TPSA) is 29.1 Å². The molecule has 0 unspecified atom stereocenters. The van der Waals surface area contributed by atoms with Crippen molar-refractivity contribution in [3.05, 3.63) is 54.6 Å². The van der Waals surface area contributed by atoms with Crippen LogP contribution in [0.5, 0.6) is 0 Å². The fraction of sp³-hybridized carbons (Fsp3) is 0.154. The van der Waals surface area contributed by atoms with Gasteiger partial charge in [0.1, 0.15) is 0 Å². The monoisotopic (exact) mass is 377 g/mol. The first kappa shape index (κ1) is 14.9. The molecule has 1 N–H and O–H groups in total. The second kappa shape index (κ2) is 6.75. The lowest BCUT2D eigenvalue weighted by atomic mass is 10.1. The fourth-order valence-corrected chi connectivity index (χ4v) is 3.24. The first-order valence-electron chi connectivity index (χ1n) is 5.48. The van der Waals surface area contributed by atoms with Crippen LogP contribution in [0.25, 0.3) is 0 Å². The first-order valence-corrected chi connectivity index (χ1v) is 7.91. The van der Waals surface area contributed by atoms with E-state index in [1.807, 2.05) is 11.4 Å². The van der Waals surface area contributed by atoms with Gasteiger partial charge >= 0.3 is 0 Å². The maximum Gasteiger partial charge on any atom is 0.224 e. The zero-order valence-corrected chi connectivity index (χ0v) is 13.7. The van der Waals surface area contributed by atoms with E-state index in [-0.39, 0.29) is 5.91 Å². The largest absolute Gasteiger partial charge is 0.351 e. The predicted molar refractivity (Wildman–Crippen MR) is 84.0 cm³/mol. The van der Waals surface area contributed by atoms with E-state index < -0.39 is 0 Å². The normalized spacial score (nSPS) is 10.5. The molecular formula is C13H10BrCl2NOS. The average molecular weight is 379 g/mol. The van der Waals surface area contributed by atoms with Crippen molar-refractivity contribution < 1.29 is 4.79 Å². The summed E-state index contributed by atoms with van der Waals surface area (Å²) in [5.41, 5.74) is 0.847. The molecule has 1 aromatic heterocycles. The zero-order chi connectivity index (χ0) is 13.8. The molecule has 0 saturated carbocycles. The van der Waals surface area contributed by atoms with Gasteiger partial charge in [0.05, 0.1) is 23.0 Å². The Morgan fingerprint density at radius 2 is 2.05 bits per heavy atom. The van der Waals surface area contributed by atoms with Gasteiger partial charge in [-0.15, -0.1) is 11.3 Å². The molecule has 1 heterocycles. The Labute approximate surface area is 133 Å². The minimum absolute atomic E-state index is 0.0390. The van der Waals surface area contributed by atoms with Crippen molar-refractivity contribution in [1.29, 1.82) is 0 Å². The van der Waals surface area contributed by atoms with Crippen LogP contribution in [-0.2, 0) is 17.8 Å². The molecule has 0 atom stereocenters. The van der Waals surface area contributed by atoms with Gasteiger partial charge in [-0.05, 0) is 39.7 Å². The molecule has 0 fully saturated rings. The molecule has 1 amide bonds. The lowest BCUT2D eigenvalue weighted by Gasteiger charge is -2.05. The molecule has 0 aliphatic carbocycles. The molecule has 0 aliphatic heterocycles. The molecular weight excluding hydrogens is 369 g/mol. The van der Waals surface area contributed by atoms with Crippen LogP contribution in [0.3, 0.4) is 0 Å². The predicted octanol–water partition coefficient (Wildman–Crippen LogP) is 4.68. The number of benzene rings is 1. The van der Waals surface area contributed by atoms with E-state index in [1.54, 1.807) is 29.5 Å². The smallest absolute Gasteiger partial charge is 0.224 e. The lowest BCUT2D eigenvalue weighted by Crippen LogP contribution is -2.24. The first-order chi connectivity index (χ1) is 9.04. The number of halogens is 3. The Morgan fingerprint density at radius 1 is 1.26 bits per heavy atom. The maximum absolute atomic E-state index is 11.8. The number of carbonyl (C=O) groups is 1. The van der Waals surface area contributed by atoms with Crippen LogP contribution in [0.4, 0.5) is 0 Å². The molecule has 0 bridgehead atoms. The van der Waals surface area contributed by atoms with Crippen molar-refractivity contribution in [2.75, 3.05) is 0 Å². The molecule has 19 heavy (non-hydrogen) atoms. The third kappa shape index (κ3) is 4.49.